The number of hydrogen-bond acceptors (Lipinski definition) is 2. The molecule has 3 heteroatoms. The summed E-state index contributed by atoms with van der Waals surface area (Å²) in [5.74, 6) is 0. The molecule has 0 aromatic carbocycles. The first-order valence-electron chi connectivity index (χ1n) is 3.26. The SMILES string of the molecule is Cc1csc(/C=C/CO)c1Br. The molecule has 0 saturated heterocycles. The second-order valence-electron chi connectivity index (χ2n) is 2.18. The zero-order valence-electron chi connectivity index (χ0n) is 6.17. The van der Waals surface area contributed by atoms with Crippen LogP contribution < -0.4 is 0 Å². The molecule has 0 bridgehead atoms. The maximum absolute atomic E-state index is 8.53. The van der Waals surface area contributed by atoms with Crippen molar-refractivity contribution in [3.05, 3.63) is 26.4 Å². The number of halogens is 1. The van der Waals surface area contributed by atoms with Gasteiger partial charge in [0.2, 0.25) is 0 Å². The van der Waals surface area contributed by atoms with Crippen LogP contribution in [0.25, 0.3) is 6.08 Å². The predicted octanol–water partition coefficient (Wildman–Crippen LogP) is 2.82. The molecule has 0 saturated carbocycles. The average molecular weight is 233 g/mol. The first-order valence-corrected chi connectivity index (χ1v) is 4.94. The molecule has 0 amide bonds. The van der Waals surface area contributed by atoms with Gasteiger partial charge in [0.1, 0.15) is 0 Å². The fourth-order valence-corrected chi connectivity index (χ4v) is 2.26. The Hall–Kier alpha value is -0.120. The molecule has 0 atom stereocenters. The minimum Gasteiger partial charge on any atom is -0.392 e. The van der Waals surface area contributed by atoms with E-state index in [2.05, 4.69) is 28.2 Å². The van der Waals surface area contributed by atoms with Crippen LogP contribution in [0.2, 0.25) is 0 Å². The van der Waals surface area contributed by atoms with Crippen LogP contribution in [-0.2, 0) is 0 Å². The smallest absolute Gasteiger partial charge is 0.0615 e. The van der Waals surface area contributed by atoms with Crippen LogP contribution in [0.4, 0.5) is 0 Å². The predicted molar refractivity (Wildman–Crippen MR) is 52.9 cm³/mol. The van der Waals surface area contributed by atoms with Crippen molar-refractivity contribution >= 4 is 33.3 Å². The fourth-order valence-electron chi connectivity index (χ4n) is 0.722. The van der Waals surface area contributed by atoms with Crippen LogP contribution in [0.15, 0.2) is 15.9 Å². The standard InChI is InChI=1S/C8H9BrOS/c1-6-5-11-7(8(6)9)3-2-4-10/h2-3,5,10H,4H2,1H3/b3-2+. The Labute approximate surface area is 78.5 Å². The lowest BCUT2D eigenvalue weighted by Crippen LogP contribution is -1.71. The van der Waals surface area contributed by atoms with Gasteiger partial charge >= 0.3 is 0 Å². The first-order chi connectivity index (χ1) is 5.25. The summed E-state index contributed by atoms with van der Waals surface area (Å²) < 4.78 is 1.13. The Balaban J connectivity index is 2.87. The molecule has 0 aliphatic carbocycles. The third-order valence-corrected chi connectivity index (χ3v) is 3.68. The van der Waals surface area contributed by atoms with E-state index in [1.165, 1.54) is 5.56 Å². The summed E-state index contributed by atoms with van der Waals surface area (Å²) in [4.78, 5) is 1.16. The van der Waals surface area contributed by atoms with Crippen molar-refractivity contribution in [2.45, 2.75) is 6.92 Å². The van der Waals surface area contributed by atoms with Gasteiger partial charge in [-0.3, -0.25) is 0 Å². The highest BCUT2D eigenvalue weighted by atomic mass is 79.9. The van der Waals surface area contributed by atoms with E-state index in [1.807, 2.05) is 6.08 Å². The Morgan fingerprint density at radius 3 is 2.91 bits per heavy atom. The van der Waals surface area contributed by atoms with E-state index in [4.69, 9.17) is 5.11 Å². The second kappa shape index (κ2) is 4.04. The topological polar surface area (TPSA) is 20.2 Å². The molecule has 0 radical (unpaired) electrons. The molecule has 1 aromatic heterocycles. The van der Waals surface area contributed by atoms with Crippen molar-refractivity contribution in [2.24, 2.45) is 0 Å². The fraction of sp³-hybridized carbons (Fsp3) is 0.250. The summed E-state index contributed by atoms with van der Waals surface area (Å²) in [6.45, 7) is 2.15. The van der Waals surface area contributed by atoms with Crippen molar-refractivity contribution < 1.29 is 5.11 Å². The van der Waals surface area contributed by atoms with E-state index in [-0.39, 0.29) is 6.61 Å². The molecule has 1 rings (SSSR count). The molecule has 0 fully saturated rings. The number of thiophene rings is 1. The minimum absolute atomic E-state index is 0.101. The van der Waals surface area contributed by atoms with Crippen molar-refractivity contribution in [3.8, 4) is 0 Å². The van der Waals surface area contributed by atoms with Gasteiger partial charge in [0.15, 0.2) is 0 Å². The van der Waals surface area contributed by atoms with Crippen molar-refractivity contribution in [2.75, 3.05) is 6.61 Å². The van der Waals surface area contributed by atoms with Crippen LogP contribution in [0.1, 0.15) is 10.4 Å². The summed E-state index contributed by atoms with van der Waals surface area (Å²) in [7, 11) is 0. The van der Waals surface area contributed by atoms with Crippen LogP contribution >= 0.6 is 27.3 Å². The summed E-state index contributed by atoms with van der Waals surface area (Å²) in [5.41, 5.74) is 1.24. The van der Waals surface area contributed by atoms with E-state index in [0.29, 0.717) is 0 Å². The Kier molecular flexibility index (Phi) is 3.30. The zero-order chi connectivity index (χ0) is 8.27. The van der Waals surface area contributed by atoms with E-state index in [1.54, 1.807) is 17.4 Å². The van der Waals surface area contributed by atoms with Crippen LogP contribution in [-0.4, -0.2) is 11.7 Å². The average Bonchev–Trinajstić information content (AvgIpc) is 2.31. The van der Waals surface area contributed by atoms with Gasteiger partial charge in [0.05, 0.1) is 6.61 Å². The van der Waals surface area contributed by atoms with Crippen molar-refractivity contribution in [1.82, 2.24) is 0 Å². The first kappa shape index (κ1) is 8.97. The summed E-state index contributed by atoms with van der Waals surface area (Å²) >= 11 is 5.13. The lowest BCUT2D eigenvalue weighted by Gasteiger charge is -1.88. The monoisotopic (exact) mass is 232 g/mol. The molecular formula is C8H9BrOS. The van der Waals surface area contributed by atoms with Gasteiger partial charge in [0.25, 0.3) is 0 Å². The highest BCUT2D eigenvalue weighted by molar-refractivity contribution is 9.10. The quantitative estimate of drug-likeness (QED) is 0.832. The summed E-state index contributed by atoms with van der Waals surface area (Å²) in [6, 6.07) is 0. The third-order valence-electron chi connectivity index (χ3n) is 1.30. The molecule has 0 unspecified atom stereocenters. The lowest BCUT2D eigenvalue weighted by atomic mass is 10.3. The minimum atomic E-state index is 0.101. The maximum Gasteiger partial charge on any atom is 0.0615 e. The van der Waals surface area contributed by atoms with E-state index >= 15 is 0 Å². The number of aliphatic hydroxyl groups is 1. The molecule has 60 valence electrons. The molecule has 1 aromatic rings. The summed E-state index contributed by atoms with van der Waals surface area (Å²) in [6.07, 6.45) is 3.65. The highest BCUT2D eigenvalue weighted by Gasteiger charge is 2.00. The van der Waals surface area contributed by atoms with Crippen LogP contribution in [0.3, 0.4) is 0 Å². The van der Waals surface area contributed by atoms with Gasteiger partial charge in [0, 0.05) is 9.35 Å². The van der Waals surface area contributed by atoms with Crippen molar-refractivity contribution in [3.63, 3.8) is 0 Å². The van der Waals surface area contributed by atoms with Crippen LogP contribution in [0.5, 0.6) is 0 Å². The molecule has 0 aliphatic heterocycles. The number of aliphatic hydroxyl groups excluding tert-OH is 1. The number of aryl methyl sites for hydroxylation is 1. The molecule has 1 N–H and O–H groups in total. The normalized spacial score (nSPS) is 11.2. The molecule has 1 nitrogen and oxygen atoms in total. The molecule has 1 heterocycles. The van der Waals surface area contributed by atoms with Gasteiger partial charge in [-0.1, -0.05) is 6.08 Å². The summed E-state index contributed by atoms with van der Waals surface area (Å²) in [5, 5.41) is 10.6. The molecule has 0 aliphatic rings. The van der Waals surface area contributed by atoms with E-state index in [0.717, 1.165) is 9.35 Å². The van der Waals surface area contributed by atoms with Gasteiger partial charge in [-0.15, -0.1) is 11.3 Å². The largest absolute Gasteiger partial charge is 0.392 e. The van der Waals surface area contributed by atoms with E-state index in [9.17, 15) is 0 Å². The van der Waals surface area contributed by atoms with Gasteiger partial charge in [-0.25, -0.2) is 0 Å². The molecular weight excluding hydrogens is 224 g/mol. The maximum atomic E-state index is 8.53. The zero-order valence-corrected chi connectivity index (χ0v) is 8.58. The third kappa shape index (κ3) is 2.15. The number of rotatable bonds is 2. The second-order valence-corrected chi connectivity index (χ2v) is 3.89. The molecule has 11 heavy (non-hydrogen) atoms. The molecule has 0 spiro atoms. The Bertz CT molecular complexity index is 265. The van der Waals surface area contributed by atoms with Gasteiger partial charge < -0.3 is 5.11 Å². The highest BCUT2D eigenvalue weighted by Crippen LogP contribution is 2.28. The van der Waals surface area contributed by atoms with E-state index < -0.39 is 0 Å². The lowest BCUT2D eigenvalue weighted by molar-refractivity contribution is 0.343. The number of hydrogen-bond donors (Lipinski definition) is 1. The van der Waals surface area contributed by atoms with Gasteiger partial charge in [-0.2, -0.15) is 0 Å². The van der Waals surface area contributed by atoms with Crippen LogP contribution in [0, 0.1) is 6.92 Å². The Morgan fingerprint density at radius 1 is 1.73 bits per heavy atom. The van der Waals surface area contributed by atoms with Crippen molar-refractivity contribution in [1.29, 1.82) is 0 Å². The Morgan fingerprint density at radius 2 is 2.45 bits per heavy atom. The van der Waals surface area contributed by atoms with Gasteiger partial charge in [-0.05, 0) is 39.9 Å².